The lowest BCUT2D eigenvalue weighted by Gasteiger charge is -2.15. The molecule has 3 heteroatoms. The van der Waals surface area contributed by atoms with Crippen molar-refractivity contribution in [2.24, 2.45) is 5.92 Å². The molecule has 0 fully saturated rings. The van der Waals surface area contributed by atoms with Gasteiger partial charge < -0.3 is 10.1 Å². The van der Waals surface area contributed by atoms with Gasteiger partial charge in [0.2, 0.25) is 0 Å². The Bertz CT molecular complexity index is 366. The zero-order chi connectivity index (χ0) is 13.5. The molecule has 1 rings (SSSR count). The van der Waals surface area contributed by atoms with E-state index in [-0.39, 0.29) is 11.9 Å². The van der Waals surface area contributed by atoms with E-state index in [1.807, 2.05) is 19.9 Å². The maximum atomic E-state index is 13.9. The first kappa shape index (κ1) is 15.0. The molecule has 0 aromatic heterocycles. The maximum Gasteiger partial charge on any atom is 0.131 e. The number of ether oxygens (including phenoxy) is 1. The lowest BCUT2D eigenvalue weighted by Crippen LogP contribution is -2.18. The zero-order valence-corrected chi connectivity index (χ0v) is 11.8. The molecule has 0 aliphatic carbocycles. The molecule has 1 unspecified atom stereocenters. The summed E-state index contributed by atoms with van der Waals surface area (Å²) in [7, 11) is 0. The van der Waals surface area contributed by atoms with Gasteiger partial charge in [0.15, 0.2) is 0 Å². The predicted molar refractivity (Wildman–Crippen MR) is 73.4 cm³/mol. The van der Waals surface area contributed by atoms with Gasteiger partial charge in [0.25, 0.3) is 0 Å². The zero-order valence-electron chi connectivity index (χ0n) is 11.8. The fourth-order valence-electron chi connectivity index (χ4n) is 1.78. The summed E-state index contributed by atoms with van der Waals surface area (Å²) in [6.07, 6.45) is 0.983. The third-order valence-electron chi connectivity index (χ3n) is 2.91. The molecule has 1 atom stereocenters. The van der Waals surface area contributed by atoms with Crippen LogP contribution in [-0.2, 0) is 0 Å². The van der Waals surface area contributed by atoms with Crippen molar-refractivity contribution in [3.05, 3.63) is 29.6 Å². The Morgan fingerprint density at radius 2 is 2.00 bits per heavy atom. The van der Waals surface area contributed by atoms with Crippen molar-refractivity contribution in [1.29, 1.82) is 0 Å². The topological polar surface area (TPSA) is 21.3 Å². The summed E-state index contributed by atoms with van der Waals surface area (Å²) in [5.41, 5.74) is 0.688. The molecule has 0 aliphatic rings. The van der Waals surface area contributed by atoms with Crippen molar-refractivity contribution in [1.82, 2.24) is 5.32 Å². The van der Waals surface area contributed by atoms with E-state index in [4.69, 9.17) is 4.74 Å². The van der Waals surface area contributed by atoms with Crippen LogP contribution in [-0.4, -0.2) is 13.2 Å². The molecule has 102 valence electrons. The summed E-state index contributed by atoms with van der Waals surface area (Å²) in [5.74, 6) is 1.01. The molecule has 1 N–H and O–H groups in total. The highest BCUT2D eigenvalue weighted by Crippen LogP contribution is 2.22. The Hall–Kier alpha value is -1.09. The summed E-state index contributed by atoms with van der Waals surface area (Å²) in [6, 6.07) is 5.14. The first-order valence-electron chi connectivity index (χ1n) is 6.70. The van der Waals surface area contributed by atoms with Crippen molar-refractivity contribution in [3.8, 4) is 5.75 Å². The fraction of sp³-hybridized carbons (Fsp3) is 0.600. The van der Waals surface area contributed by atoms with E-state index in [0.29, 0.717) is 23.8 Å². The number of hydrogen-bond donors (Lipinski definition) is 1. The third-order valence-corrected chi connectivity index (χ3v) is 2.91. The summed E-state index contributed by atoms with van der Waals surface area (Å²) in [6.45, 7) is 9.72. The van der Waals surface area contributed by atoms with Crippen LogP contribution in [0.25, 0.3) is 0 Å². The molecule has 0 amide bonds. The van der Waals surface area contributed by atoms with Crippen LogP contribution in [0.2, 0.25) is 0 Å². The van der Waals surface area contributed by atoms with Gasteiger partial charge in [-0.25, -0.2) is 4.39 Å². The summed E-state index contributed by atoms with van der Waals surface area (Å²) < 4.78 is 19.4. The number of halogens is 1. The maximum absolute atomic E-state index is 13.9. The lowest BCUT2D eigenvalue weighted by atomic mass is 10.1. The second kappa shape index (κ2) is 7.37. The molecule has 0 radical (unpaired) electrons. The van der Waals surface area contributed by atoms with Gasteiger partial charge in [-0.05, 0) is 31.9 Å². The number of rotatable bonds is 7. The molecular weight excluding hydrogens is 229 g/mol. The SMILES string of the molecule is CCNC(C)c1ccc(OCCC(C)C)cc1F. The summed E-state index contributed by atoms with van der Waals surface area (Å²) in [4.78, 5) is 0. The van der Waals surface area contributed by atoms with E-state index in [2.05, 4.69) is 19.2 Å². The number of benzene rings is 1. The van der Waals surface area contributed by atoms with Crippen LogP contribution in [0, 0.1) is 11.7 Å². The molecule has 1 aromatic rings. The first-order valence-corrected chi connectivity index (χ1v) is 6.70. The smallest absolute Gasteiger partial charge is 0.131 e. The fourth-order valence-corrected chi connectivity index (χ4v) is 1.78. The van der Waals surface area contributed by atoms with Gasteiger partial charge in [0.05, 0.1) is 6.61 Å². The van der Waals surface area contributed by atoms with Crippen LogP contribution in [0.5, 0.6) is 5.75 Å². The van der Waals surface area contributed by atoms with Gasteiger partial charge >= 0.3 is 0 Å². The van der Waals surface area contributed by atoms with Gasteiger partial charge in [-0.2, -0.15) is 0 Å². The van der Waals surface area contributed by atoms with Crippen molar-refractivity contribution < 1.29 is 9.13 Å². The summed E-state index contributed by atoms with van der Waals surface area (Å²) >= 11 is 0. The van der Waals surface area contributed by atoms with E-state index in [1.54, 1.807) is 6.07 Å². The minimum Gasteiger partial charge on any atom is -0.493 e. The minimum atomic E-state index is -0.203. The van der Waals surface area contributed by atoms with Gasteiger partial charge in [0.1, 0.15) is 11.6 Å². The van der Waals surface area contributed by atoms with E-state index in [9.17, 15) is 4.39 Å². The highest BCUT2D eigenvalue weighted by atomic mass is 19.1. The van der Waals surface area contributed by atoms with Crippen molar-refractivity contribution >= 4 is 0 Å². The van der Waals surface area contributed by atoms with Gasteiger partial charge in [-0.15, -0.1) is 0 Å². The minimum absolute atomic E-state index is 0.0275. The van der Waals surface area contributed by atoms with Gasteiger partial charge in [-0.1, -0.05) is 26.8 Å². The monoisotopic (exact) mass is 253 g/mol. The van der Waals surface area contributed by atoms with Crippen LogP contribution >= 0.6 is 0 Å². The Labute approximate surface area is 110 Å². The van der Waals surface area contributed by atoms with E-state index < -0.39 is 0 Å². The second-order valence-corrected chi connectivity index (χ2v) is 4.99. The normalized spacial score (nSPS) is 12.8. The van der Waals surface area contributed by atoms with Crippen LogP contribution in [0.3, 0.4) is 0 Å². The molecule has 0 spiro atoms. The molecule has 2 nitrogen and oxygen atoms in total. The average Bonchev–Trinajstić information content (AvgIpc) is 2.28. The van der Waals surface area contributed by atoms with E-state index >= 15 is 0 Å². The number of hydrogen-bond acceptors (Lipinski definition) is 2. The molecule has 0 bridgehead atoms. The Balaban J connectivity index is 2.61. The average molecular weight is 253 g/mol. The van der Waals surface area contributed by atoms with E-state index in [0.717, 1.165) is 13.0 Å². The van der Waals surface area contributed by atoms with E-state index in [1.165, 1.54) is 6.07 Å². The van der Waals surface area contributed by atoms with Crippen molar-refractivity contribution in [3.63, 3.8) is 0 Å². The largest absolute Gasteiger partial charge is 0.493 e. The molecule has 18 heavy (non-hydrogen) atoms. The van der Waals surface area contributed by atoms with Crippen LogP contribution in [0.15, 0.2) is 18.2 Å². The Morgan fingerprint density at radius 1 is 1.28 bits per heavy atom. The highest BCUT2D eigenvalue weighted by molar-refractivity contribution is 5.30. The van der Waals surface area contributed by atoms with Crippen LogP contribution < -0.4 is 10.1 Å². The van der Waals surface area contributed by atoms with Crippen LogP contribution in [0.1, 0.15) is 45.7 Å². The quantitative estimate of drug-likeness (QED) is 0.795. The lowest BCUT2D eigenvalue weighted by molar-refractivity contribution is 0.288. The highest BCUT2D eigenvalue weighted by Gasteiger charge is 2.10. The van der Waals surface area contributed by atoms with Crippen LogP contribution in [0.4, 0.5) is 4.39 Å². The summed E-state index contributed by atoms with van der Waals surface area (Å²) in [5, 5.41) is 3.20. The predicted octanol–water partition coefficient (Wildman–Crippen LogP) is 3.92. The van der Waals surface area contributed by atoms with Gasteiger partial charge in [-0.3, -0.25) is 0 Å². The molecule has 1 aromatic carbocycles. The first-order chi connectivity index (χ1) is 8.54. The van der Waals surface area contributed by atoms with Crippen molar-refractivity contribution in [2.75, 3.05) is 13.2 Å². The van der Waals surface area contributed by atoms with Crippen molar-refractivity contribution in [2.45, 2.75) is 40.2 Å². The molecule has 0 heterocycles. The Morgan fingerprint density at radius 3 is 2.56 bits per heavy atom. The molecular formula is C15H24FNO. The number of nitrogens with one attached hydrogen (secondary N) is 1. The second-order valence-electron chi connectivity index (χ2n) is 4.99. The molecule has 0 aliphatic heterocycles. The standard InChI is InChI=1S/C15H24FNO/c1-5-17-12(4)14-7-6-13(10-15(14)16)18-9-8-11(2)3/h6-7,10-12,17H,5,8-9H2,1-4H3. The molecule has 0 saturated heterocycles. The molecule has 0 saturated carbocycles. The third kappa shape index (κ3) is 4.65. The van der Waals surface area contributed by atoms with Gasteiger partial charge in [0, 0.05) is 17.7 Å². The Kier molecular flexibility index (Phi) is 6.13.